The van der Waals surface area contributed by atoms with Crippen LogP contribution in [-0.4, -0.2) is 23.3 Å². The minimum absolute atomic E-state index is 0.140. The highest BCUT2D eigenvalue weighted by atomic mass is 35.5. The Morgan fingerprint density at radius 2 is 2.18 bits per heavy atom. The third-order valence-electron chi connectivity index (χ3n) is 1.33. The molecule has 0 heterocycles. The SMILES string of the molecule is CC(O)CNC(C)(C)C=CCl. The fourth-order valence-corrected chi connectivity index (χ4v) is 0.942. The summed E-state index contributed by atoms with van der Waals surface area (Å²) in [6.07, 6.45) is 1.52. The number of aliphatic hydroxyl groups excluding tert-OH is 1. The number of halogens is 1. The molecule has 0 spiro atoms. The summed E-state index contributed by atoms with van der Waals surface area (Å²) in [6.45, 7) is 6.31. The summed E-state index contributed by atoms with van der Waals surface area (Å²) in [6, 6.07) is 0. The molecule has 0 fully saturated rings. The zero-order chi connectivity index (χ0) is 8.91. The lowest BCUT2D eigenvalue weighted by molar-refractivity contribution is 0.182. The molecule has 3 heteroatoms. The molecule has 0 saturated carbocycles. The Balaban J connectivity index is 3.72. The third-order valence-corrected chi connectivity index (χ3v) is 1.46. The molecule has 0 aromatic heterocycles. The van der Waals surface area contributed by atoms with Crippen molar-refractivity contribution in [3.63, 3.8) is 0 Å². The van der Waals surface area contributed by atoms with Gasteiger partial charge in [-0.05, 0) is 20.8 Å². The van der Waals surface area contributed by atoms with E-state index in [-0.39, 0.29) is 11.6 Å². The molecule has 11 heavy (non-hydrogen) atoms. The Labute approximate surface area is 73.3 Å². The molecule has 0 saturated heterocycles. The van der Waals surface area contributed by atoms with Gasteiger partial charge >= 0.3 is 0 Å². The van der Waals surface area contributed by atoms with E-state index in [2.05, 4.69) is 5.32 Å². The molecule has 1 atom stereocenters. The van der Waals surface area contributed by atoms with E-state index in [0.29, 0.717) is 6.54 Å². The summed E-state index contributed by atoms with van der Waals surface area (Å²) in [5.41, 5.74) is 1.34. The van der Waals surface area contributed by atoms with Crippen LogP contribution in [-0.2, 0) is 0 Å². The highest BCUT2D eigenvalue weighted by Gasteiger charge is 2.12. The highest BCUT2D eigenvalue weighted by Crippen LogP contribution is 2.04. The van der Waals surface area contributed by atoms with Gasteiger partial charge in [-0.1, -0.05) is 17.7 Å². The molecule has 66 valence electrons. The molecule has 0 radical (unpaired) electrons. The quantitative estimate of drug-likeness (QED) is 0.682. The summed E-state index contributed by atoms with van der Waals surface area (Å²) in [5.74, 6) is 0. The summed E-state index contributed by atoms with van der Waals surface area (Å²) in [7, 11) is 0. The maximum Gasteiger partial charge on any atom is 0.0636 e. The van der Waals surface area contributed by atoms with Gasteiger partial charge in [-0.2, -0.15) is 0 Å². The molecule has 0 rings (SSSR count). The highest BCUT2D eigenvalue weighted by molar-refractivity contribution is 6.25. The van der Waals surface area contributed by atoms with E-state index < -0.39 is 0 Å². The van der Waals surface area contributed by atoms with Crippen molar-refractivity contribution in [2.75, 3.05) is 6.54 Å². The fourth-order valence-electron chi connectivity index (χ4n) is 0.627. The summed E-state index contributed by atoms with van der Waals surface area (Å²) >= 11 is 5.42. The molecule has 2 nitrogen and oxygen atoms in total. The second-order valence-corrected chi connectivity index (χ2v) is 3.50. The molecule has 0 bridgehead atoms. The van der Waals surface area contributed by atoms with Crippen molar-refractivity contribution in [3.05, 3.63) is 11.6 Å². The van der Waals surface area contributed by atoms with E-state index in [0.717, 1.165) is 0 Å². The summed E-state index contributed by atoms with van der Waals surface area (Å²) in [5, 5.41) is 12.1. The first-order valence-electron chi connectivity index (χ1n) is 3.69. The van der Waals surface area contributed by atoms with Gasteiger partial charge in [0.25, 0.3) is 0 Å². The summed E-state index contributed by atoms with van der Waals surface area (Å²) in [4.78, 5) is 0. The predicted molar refractivity (Wildman–Crippen MR) is 48.8 cm³/mol. The predicted octanol–water partition coefficient (Wildman–Crippen LogP) is 1.49. The second-order valence-electron chi connectivity index (χ2n) is 3.24. The lowest BCUT2D eigenvalue weighted by atomic mass is 10.1. The molecule has 0 amide bonds. The first-order chi connectivity index (χ1) is 4.98. The first-order valence-corrected chi connectivity index (χ1v) is 4.12. The van der Waals surface area contributed by atoms with E-state index >= 15 is 0 Å². The van der Waals surface area contributed by atoms with E-state index in [1.807, 2.05) is 19.9 Å². The van der Waals surface area contributed by atoms with Crippen LogP contribution in [0.25, 0.3) is 0 Å². The summed E-state index contributed by atoms with van der Waals surface area (Å²) < 4.78 is 0. The molecule has 0 aromatic carbocycles. The molecular weight excluding hydrogens is 162 g/mol. The number of aliphatic hydroxyl groups is 1. The minimum atomic E-state index is -0.321. The van der Waals surface area contributed by atoms with Crippen molar-refractivity contribution in [1.82, 2.24) is 5.32 Å². The molecule has 0 aliphatic rings. The number of hydrogen-bond acceptors (Lipinski definition) is 2. The van der Waals surface area contributed by atoms with Crippen LogP contribution >= 0.6 is 11.6 Å². The van der Waals surface area contributed by atoms with Crippen molar-refractivity contribution in [3.8, 4) is 0 Å². The largest absolute Gasteiger partial charge is 0.392 e. The van der Waals surface area contributed by atoms with Crippen LogP contribution < -0.4 is 5.32 Å². The number of hydrogen-bond donors (Lipinski definition) is 2. The van der Waals surface area contributed by atoms with Crippen molar-refractivity contribution in [2.45, 2.75) is 32.4 Å². The maximum absolute atomic E-state index is 8.96. The van der Waals surface area contributed by atoms with Gasteiger partial charge in [0, 0.05) is 17.6 Å². The Morgan fingerprint density at radius 1 is 1.64 bits per heavy atom. The first kappa shape index (κ1) is 11.0. The second kappa shape index (κ2) is 4.75. The fraction of sp³-hybridized carbons (Fsp3) is 0.750. The normalized spacial score (nSPS) is 15.7. The van der Waals surface area contributed by atoms with Crippen LogP contribution in [0.15, 0.2) is 11.6 Å². The van der Waals surface area contributed by atoms with Crippen molar-refractivity contribution in [2.24, 2.45) is 0 Å². The molecule has 0 aromatic rings. The van der Waals surface area contributed by atoms with Gasteiger partial charge in [0.2, 0.25) is 0 Å². The van der Waals surface area contributed by atoms with E-state index in [1.54, 1.807) is 6.92 Å². The van der Waals surface area contributed by atoms with Gasteiger partial charge in [-0.15, -0.1) is 0 Å². The topological polar surface area (TPSA) is 32.3 Å². The Bertz CT molecular complexity index is 132. The number of nitrogens with one attached hydrogen (secondary N) is 1. The van der Waals surface area contributed by atoms with Crippen LogP contribution in [0.3, 0.4) is 0 Å². The van der Waals surface area contributed by atoms with Gasteiger partial charge in [0.1, 0.15) is 0 Å². The van der Waals surface area contributed by atoms with E-state index in [1.165, 1.54) is 5.54 Å². The van der Waals surface area contributed by atoms with Gasteiger partial charge in [-0.3, -0.25) is 0 Å². The monoisotopic (exact) mass is 177 g/mol. The molecule has 1 unspecified atom stereocenters. The molecule has 2 N–H and O–H groups in total. The minimum Gasteiger partial charge on any atom is -0.392 e. The van der Waals surface area contributed by atoms with E-state index in [9.17, 15) is 0 Å². The smallest absolute Gasteiger partial charge is 0.0636 e. The van der Waals surface area contributed by atoms with Crippen molar-refractivity contribution in [1.29, 1.82) is 0 Å². The van der Waals surface area contributed by atoms with Gasteiger partial charge in [0.15, 0.2) is 0 Å². The molecule has 0 aliphatic heterocycles. The maximum atomic E-state index is 8.96. The molecular formula is C8H16ClNO. The average Bonchev–Trinajstić information content (AvgIpc) is 1.84. The van der Waals surface area contributed by atoms with Gasteiger partial charge in [-0.25, -0.2) is 0 Å². The standard InChI is InChI=1S/C8H16ClNO/c1-7(11)6-10-8(2,3)4-5-9/h4-5,7,10-11H,6H2,1-3H3. The van der Waals surface area contributed by atoms with Crippen LogP contribution in [0.5, 0.6) is 0 Å². The van der Waals surface area contributed by atoms with Gasteiger partial charge in [0.05, 0.1) is 6.10 Å². The lowest BCUT2D eigenvalue weighted by Crippen LogP contribution is -2.41. The number of β-amino-alcohol motifs (C(OH)–C–C–N with tert-alkyl or cyclic N) is 1. The zero-order valence-electron chi connectivity index (χ0n) is 7.26. The zero-order valence-corrected chi connectivity index (χ0v) is 8.02. The Morgan fingerprint density at radius 3 is 2.55 bits per heavy atom. The average molecular weight is 178 g/mol. The van der Waals surface area contributed by atoms with Crippen LogP contribution in [0.1, 0.15) is 20.8 Å². The van der Waals surface area contributed by atoms with Crippen LogP contribution in [0.2, 0.25) is 0 Å². The van der Waals surface area contributed by atoms with Crippen molar-refractivity contribution < 1.29 is 5.11 Å². The lowest BCUT2D eigenvalue weighted by Gasteiger charge is -2.22. The Kier molecular flexibility index (Phi) is 4.73. The van der Waals surface area contributed by atoms with Crippen LogP contribution in [0, 0.1) is 0 Å². The van der Waals surface area contributed by atoms with Crippen LogP contribution in [0.4, 0.5) is 0 Å². The molecule has 0 aliphatic carbocycles. The Hall–Kier alpha value is -0.0500. The van der Waals surface area contributed by atoms with Crippen molar-refractivity contribution >= 4 is 11.6 Å². The van der Waals surface area contributed by atoms with E-state index in [4.69, 9.17) is 16.7 Å². The van der Waals surface area contributed by atoms with Gasteiger partial charge < -0.3 is 10.4 Å². The number of rotatable bonds is 4. The third kappa shape index (κ3) is 6.35.